The van der Waals surface area contributed by atoms with Gasteiger partial charge in [-0.1, -0.05) is 17.8 Å². The van der Waals surface area contributed by atoms with Gasteiger partial charge in [0, 0.05) is 29.3 Å². The number of rotatable bonds is 9. The molecule has 11 heteroatoms. The Morgan fingerprint density at radius 1 is 1.20 bits per heavy atom. The summed E-state index contributed by atoms with van der Waals surface area (Å²) in [6, 6.07) is 8.95. The topological polar surface area (TPSA) is 71.3 Å². The number of benzene rings is 2. The first-order chi connectivity index (χ1) is 17.0. The summed E-state index contributed by atoms with van der Waals surface area (Å²) in [6.45, 7) is 6.22. The lowest BCUT2D eigenvalue weighted by atomic mass is 10.2. The van der Waals surface area contributed by atoms with Gasteiger partial charge in [-0.25, -0.2) is 13.8 Å². The van der Waals surface area contributed by atoms with Gasteiger partial charge in [0.15, 0.2) is 40.2 Å². The molecule has 0 bridgehead atoms. The first-order valence-corrected chi connectivity index (χ1v) is 12.5. The lowest BCUT2D eigenvalue weighted by Gasteiger charge is -2.16. The van der Waals surface area contributed by atoms with E-state index in [4.69, 9.17) is 19.2 Å². The maximum Gasteiger partial charge on any atom is 0.231 e. The number of halogens is 2. The van der Waals surface area contributed by atoms with Crippen LogP contribution in [0.25, 0.3) is 10.6 Å². The Balaban J connectivity index is 1.29. The van der Waals surface area contributed by atoms with Crippen LogP contribution in [0.4, 0.5) is 8.78 Å². The second kappa shape index (κ2) is 10.0. The fourth-order valence-corrected chi connectivity index (χ4v) is 5.27. The Morgan fingerprint density at radius 2 is 2.06 bits per heavy atom. The maximum atomic E-state index is 14.0. The van der Waals surface area contributed by atoms with Crippen LogP contribution in [-0.2, 0) is 12.3 Å². The Hall–Kier alpha value is -3.44. The molecule has 0 radical (unpaired) electrons. The molecular formula is C24H20F2N4O3S2. The summed E-state index contributed by atoms with van der Waals surface area (Å²) in [4.78, 5) is 4.74. The van der Waals surface area contributed by atoms with Crippen LogP contribution in [-0.4, -0.2) is 26.5 Å². The monoisotopic (exact) mass is 514 g/mol. The van der Waals surface area contributed by atoms with Gasteiger partial charge in [0.05, 0.1) is 5.69 Å². The minimum absolute atomic E-state index is 0.0558. The molecular weight excluding hydrogens is 494 g/mol. The SMILES string of the molecule is C=CCn1c(SCc2csc(-c3ccc4c(c3)OCO4)n2)nnc1C(C)Oc1ccc(F)cc1F. The summed E-state index contributed by atoms with van der Waals surface area (Å²) in [6.07, 6.45) is 1.11. The normalized spacial score (nSPS) is 13.1. The smallest absolute Gasteiger partial charge is 0.231 e. The zero-order valence-electron chi connectivity index (χ0n) is 18.6. The predicted molar refractivity (Wildman–Crippen MR) is 129 cm³/mol. The molecule has 2 aromatic heterocycles. The number of allylic oxidation sites excluding steroid dienone is 1. The molecule has 0 saturated heterocycles. The lowest BCUT2D eigenvalue weighted by Crippen LogP contribution is -2.13. The third-order valence-electron chi connectivity index (χ3n) is 5.14. The van der Waals surface area contributed by atoms with E-state index in [1.165, 1.54) is 17.8 Å². The number of hydrogen-bond acceptors (Lipinski definition) is 8. The zero-order valence-corrected chi connectivity index (χ0v) is 20.2. The van der Waals surface area contributed by atoms with Crippen LogP contribution in [0.2, 0.25) is 0 Å². The summed E-state index contributed by atoms with van der Waals surface area (Å²) < 4.78 is 45.6. The van der Waals surface area contributed by atoms with Gasteiger partial charge in [-0.3, -0.25) is 4.57 Å². The molecule has 0 saturated carbocycles. The largest absolute Gasteiger partial charge is 0.480 e. The van der Waals surface area contributed by atoms with Gasteiger partial charge in [0.25, 0.3) is 0 Å². The van der Waals surface area contributed by atoms with E-state index >= 15 is 0 Å². The average molecular weight is 515 g/mol. The van der Waals surface area contributed by atoms with Gasteiger partial charge in [0.1, 0.15) is 10.8 Å². The van der Waals surface area contributed by atoms with E-state index in [0.717, 1.165) is 39.9 Å². The summed E-state index contributed by atoms with van der Waals surface area (Å²) >= 11 is 3.03. The van der Waals surface area contributed by atoms with Gasteiger partial charge in [-0.15, -0.1) is 28.1 Å². The van der Waals surface area contributed by atoms with Gasteiger partial charge in [0.2, 0.25) is 6.79 Å². The number of ether oxygens (including phenoxy) is 3. The molecule has 7 nitrogen and oxygen atoms in total. The molecule has 0 N–H and O–H groups in total. The highest BCUT2D eigenvalue weighted by Crippen LogP contribution is 2.37. The number of thiazole rings is 1. The molecule has 0 spiro atoms. The molecule has 1 unspecified atom stereocenters. The van der Waals surface area contributed by atoms with Crippen LogP contribution in [0.1, 0.15) is 24.5 Å². The third kappa shape index (κ3) is 5.01. The number of nitrogens with zero attached hydrogens (tertiary/aromatic N) is 4. The van der Waals surface area contributed by atoms with Crippen molar-refractivity contribution in [2.24, 2.45) is 0 Å². The van der Waals surface area contributed by atoms with Crippen molar-refractivity contribution in [3.63, 3.8) is 0 Å². The number of aromatic nitrogens is 4. The quantitative estimate of drug-likeness (QED) is 0.200. The van der Waals surface area contributed by atoms with E-state index in [0.29, 0.717) is 23.3 Å². The Kier molecular flexibility index (Phi) is 6.69. The maximum absolute atomic E-state index is 14.0. The van der Waals surface area contributed by atoms with Crippen molar-refractivity contribution >= 4 is 23.1 Å². The van der Waals surface area contributed by atoms with Crippen molar-refractivity contribution in [3.8, 4) is 27.8 Å². The molecule has 5 rings (SSSR count). The van der Waals surface area contributed by atoms with E-state index < -0.39 is 17.7 Å². The van der Waals surface area contributed by atoms with E-state index in [-0.39, 0.29) is 12.5 Å². The summed E-state index contributed by atoms with van der Waals surface area (Å²) in [5.41, 5.74) is 1.87. The zero-order chi connectivity index (χ0) is 24.4. The molecule has 0 aliphatic carbocycles. The second-order valence-electron chi connectivity index (χ2n) is 7.58. The number of hydrogen-bond donors (Lipinski definition) is 0. The summed E-state index contributed by atoms with van der Waals surface area (Å²) in [7, 11) is 0. The molecule has 180 valence electrons. The first kappa shape index (κ1) is 23.3. The van der Waals surface area contributed by atoms with Crippen molar-refractivity contribution in [1.29, 1.82) is 0 Å². The molecule has 1 aliphatic rings. The van der Waals surface area contributed by atoms with E-state index in [2.05, 4.69) is 16.8 Å². The minimum Gasteiger partial charge on any atom is -0.480 e. The summed E-state index contributed by atoms with van der Waals surface area (Å²) in [5.74, 6) is 1.05. The molecule has 2 aromatic carbocycles. The van der Waals surface area contributed by atoms with Crippen LogP contribution in [0, 0.1) is 11.6 Å². The highest BCUT2D eigenvalue weighted by atomic mass is 32.2. The van der Waals surface area contributed by atoms with Gasteiger partial charge < -0.3 is 14.2 Å². The minimum atomic E-state index is -0.775. The Bertz CT molecular complexity index is 1370. The average Bonchev–Trinajstić information content (AvgIpc) is 3.59. The van der Waals surface area contributed by atoms with Crippen LogP contribution in [0.15, 0.2) is 59.6 Å². The van der Waals surface area contributed by atoms with E-state index in [9.17, 15) is 8.78 Å². The van der Waals surface area contributed by atoms with Gasteiger partial charge in [-0.05, 0) is 37.3 Å². The molecule has 1 atom stereocenters. The third-order valence-corrected chi connectivity index (χ3v) is 7.08. The molecule has 0 fully saturated rings. The Morgan fingerprint density at radius 3 is 2.89 bits per heavy atom. The van der Waals surface area contributed by atoms with Gasteiger partial charge in [-0.2, -0.15) is 0 Å². The molecule has 1 aliphatic heterocycles. The number of fused-ring (bicyclic) bond motifs is 1. The molecule has 35 heavy (non-hydrogen) atoms. The fraction of sp³-hybridized carbons (Fsp3) is 0.208. The predicted octanol–water partition coefficient (Wildman–Crippen LogP) is 6.03. The van der Waals surface area contributed by atoms with Gasteiger partial charge >= 0.3 is 0 Å². The van der Waals surface area contributed by atoms with E-state index in [1.807, 2.05) is 28.1 Å². The first-order valence-electron chi connectivity index (χ1n) is 10.6. The van der Waals surface area contributed by atoms with Crippen molar-refractivity contribution in [1.82, 2.24) is 19.7 Å². The van der Waals surface area contributed by atoms with Crippen molar-refractivity contribution in [2.75, 3.05) is 6.79 Å². The van der Waals surface area contributed by atoms with Crippen molar-refractivity contribution in [3.05, 3.63) is 77.6 Å². The second-order valence-corrected chi connectivity index (χ2v) is 9.38. The number of thioether (sulfide) groups is 1. The molecule has 3 heterocycles. The lowest BCUT2D eigenvalue weighted by molar-refractivity contribution is 0.174. The van der Waals surface area contributed by atoms with E-state index in [1.54, 1.807) is 24.3 Å². The Labute approximate surface area is 208 Å². The highest BCUT2D eigenvalue weighted by Gasteiger charge is 2.21. The molecule has 4 aromatic rings. The van der Waals surface area contributed by atoms with Crippen LogP contribution in [0.5, 0.6) is 17.2 Å². The van der Waals surface area contributed by atoms with Crippen molar-refractivity contribution < 1.29 is 23.0 Å². The van der Waals surface area contributed by atoms with Crippen molar-refractivity contribution in [2.45, 2.75) is 30.5 Å². The standard InChI is InChI=1S/C24H20F2N4O3S2/c1-3-8-30-22(14(2)33-19-7-5-16(25)10-18(19)26)28-29-24(30)35-12-17-11-34-23(27-17)15-4-6-20-21(9-15)32-13-31-20/h3-7,9-11,14H,1,8,12-13H2,2H3. The fourth-order valence-electron chi connectivity index (χ4n) is 3.50. The highest BCUT2D eigenvalue weighted by molar-refractivity contribution is 7.98. The molecule has 0 amide bonds. The van der Waals surface area contributed by atoms with Crippen LogP contribution >= 0.6 is 23.1 Å². The van der Waals surface area contributed by atoms with Crippen LogP contribution in [0.3, 0.4) is 0 Å². The summed E-state index contributed by atoms with van der Waals surface area (Å²) in [5, 5.41) is 12.1. The van der Waals surface area contributed by atoms with Crippen LogP contribution < -0.4 is 14.2 Å².